The molecule has 0 bridgehead atoms. The minimum atomic E-state index is -0.162. The van der Waals surface area contributed by atoms with Crippen LogP contribution in [0.3, 0.4) is 0 Å². The highest BCUT2D eigenvalue weighted by Crippen LogP contribution is 2.20. The molecule has 2 N–H and O–H groups in total. The Hall–Kier alpha value is -1.10. The number of piperidine rings is 1. The summed E-state index contributed by atoms with van der Waals surface area (Å²) in [5, 5.41) is 5.96. The van der Waals surface area contributed by atoms with Gasteiger partial charge >= 0.3 is 0 Å². The van der Waals surface area contributed by atoms with Crippen molar-refractivity contribution < 1.29 is 4.79 Å². The third-order valence-electron chi connectivity index (χ3n) is 2.35. The molecule has 0 spiro atoms. The van der Waals surface area contributed by atoms with Crippen molar-refractivity contribution in [3.8, 4) is 0 Å². The van der Waals surface area contributed by atoms with Crippen molar-refractivity contribution in [2.45, 2.75) is 18.9 Å². The minimum Gasteiger partial charge on any atom is -0.357 e. The molecule has 4 nitrogen and oxygen atoms in total. The quantitative estimate of drug-likeness (QED) is 0.857. The van der Waals surface area contributed by atoms with E-state index in [1.165, 1.54) is 0 Å². The molecule has 2 rings (SSSR count). The number of hydrogen-bond donors (Lipinski definition) is 2. The molecule has 0 unspecified atom stereocenters. The van der Waals surface area contributed by atoms with Gasteiger partial charge in [0.1, 0.15) is 11.9 Å². The number of halogens is 1. The maximum absolute atomic E-state index is 11.5. The predicted octanol–water partition coefficient (Wildman–Crippen LogP) is 1.53. The van der Waals surface area contributed by atoms with Gasteiger partial charge in [-0.1, -0.05) is 0 Å². The van der Waals surface area contributed by atoms with E-state index in [-0.39, 0.29) is 11.9 Å². The Kier molecular flexibility index (Phi) is 3.20. The van der Waals surface area contributed by atoms with Gasteiger partial charge in [0.15, 0.2) is 0 Å². The fourth-order valence-corrected chi connectivity index (χ4v) is 1.94. The zero-order valence-corrected chi connectivity index (χ0v) is 9.75. The number of carbonyl (C=O) groups is 1. The lowest BCUT2D eigenvalue weighted by Crippen LogP contribution is -2.44. The topological polar surface area (TPSA) is 54.0 Å². The normalized spacial score (nSPS) is 20.9. The largest absolute Gasteiger partial charge is 0.357 e. The first kappa shape index (κ1) is 10.4. The standard InChI is InChI=1S/C10H12BrN3O/c11-7-3-1-5-12-9(7)14-8-4-2-6-13-10(8)15/h1,3,5,8H,2,4,6H2,(H,12,14)(H,13,15)/t8-/m1/s1. The van der Waals surface area contributed by atoms with Crippen molar-refractivity contribution in [3.63, 3.8) is 0 Å². The first-order valence-electron chi connectivity index (χ1n) is 4.92. The van der Waals surface area contributed by atoms with Gasteiger partial charge in [0.25, 0.3) is 0 Å². The molecule has 0 saturated carbocycles. The monoisotopic (exact) mass is 269 g/mol. The molecule has 5 heteroatoms. The van der Waals surface area contributed by atoms with Crippen molar-refractivity contribution in [2.75, 3.05) is 11.9 Å². The molecule has 1 aliphatic heterocycles. The van der Waals surface area contributed by atoms with Crippen LogP contribution in [0.15, 0.2) is 22.8 Å². The van der Waals surface area contributed by atoms with Gasteiger partial charge in [-0.25, -0.2) is 4.98 Å². The molecule has 1 atom stereocenters. The van der Waals surface area contributed by atoms with Crippen LogP contribution in [0.4, 0.5) is 5.82 Å². The van der Waals surface area contributed by atoms with E-state index in [0.717, 1.165) is 29.7 Å². The van der Waals surface area contributed by atoms with E-state index < -0.39 is 0 Å². The summed E-state index contributed by atoms with van der Waals surface area (Å²) in [6, 6.07) is 3.58. The highest BCUT2D eigenvalue weighted by Gasteiger charge is 2.22. The van der Waals surface area contributed by atoms with Gasteiger partial charge in [-0.2, -0.15) is 0 Å². The molecule has 1 aromatic heterocycles. The molecule has 0 aliphatic carbocycles. The zero-order valence-electron chi connectivity index (χ0n) is 8.16. The van der Waals surface area contributed by atoms with Gasteiger partial charge in [-0.05, 0) is 40.9 Å². The molecule has 1 aliphatic rings. The van der Waals surface area contributed by atoms with Gasteiger partial charge in [-0.3, -0.25) is 4.79 Å². The smallest absolute Gasteiger partial charge is 0.242 e. The number of anilines is 1. The van der Waals surface area contributed by atoms with Crippen LogP contribution in [0.25, 0.3) is 0 Å². The number of rotatable bonds is 2. The maximum Gasteiger partial charge on any atom is 0.242 e. The summed E-state index contributed by atoms with van der Waals surface area (Å²) in [7, 11) is 0. The Balaban J connectivity index is 2.08. The Morgan fingerprint density at radius 2 is 2.47 bits per heavy atom. The SMILES string of the molecule is O=C1NCCC[C@H]1Nc1ncccc1Br. The maximum atomic E-state index is 11.5. The summed E-state index contributed by atoms with van der Waals surface area (Å²) in [4.78, 5) is 15.7. The summed E-state index contributed by atoms with van der Waals surface area (Å²) < 4.78 is 0.878. The van der Waals surface area contributed by atoms with Crippen molar-refractivity contribution in [1.29, 1.82) is 0 Å². The molecule has 0 aromatic carbocycles. The highest BCUT2D eigenvalue weighted by atomic mass is 79.9. The van der Waals surface area contributed by atoms with Gasteiger partial charge < -0.3 is 10.6 Å². The molecule has 80 valence electrons. The molecular weight excluding hydrogens is 258 g/mol. The van der Waals surface area contributed by atoms with Gasteiger partial charge in [0.2, 0.25) is 5.91 Å². The minimum absolute atomic E-state index is 0.0544. The summed E-state index contributed by atoms with van der Waals surface area (Å²) in [6.45, 7) is 0.778. The molecule has 1 saturated heterocycles. The lowest BCUT2D eigenvalue weighted by Gasteiger charge is -2.23. The number of carbonyl (C=O) groups excluding carboxylic acids is 1. The Morgan fingerprint density at radius 3 is 3.20 bits per heavy atom. The van der Waals surface area contributed by atoms with Crippen LogP contribution in [-0.2, 0) is 4.79 Å². The average Bonchev–Trinajstić information content (AvgIpc) is 2.24. The molecule has 15 heavy (non-hydrogen) atoms. The summed E-state index contributed by atoms with van der Waals surface area (Å²) in [5.74, 6) is 0.776. The first-order chi connectivity index (χ1) is 7.27. The van der Waals surface area contributed by atoms with E-state index in [1.807, 2.05) is 12.1 Å². The second-order valence-corrected chi connectivity index (χ2v) is 4.32. The fraction of sp³-hybridized carbons (Fsp3) is 0.400. The molecule has 0 radical (unpaired) electrons. The van der Waals surface area contributed by atoms with E-state index in [2.05, 4.69) is 31.5 Å². The first-order valence-corrected chi connectivity index (χ1v) is 5.71. The van der Waals surface area contributed by atoms with E-state index >= 15 is 0 Å². The van der Waals surface area contributed by atoms with Crippen molar-refractivity contribution >= 4 is 27.7 Å². The third kappa shape index (κ3) is 2.47. The number of pyridine rings is 1. The second kappa shape index (κ2) is 4.61. The lowest BCUT2D eigenvalue weighted by molar-refractivity contribution is -0.123. The van der Waals surface area contributed by atoms with Crippen molar-refractivity contribution in [3.05, 3.63) is 22.8 Å². The number of nitrogens with one attached hydrogen (secondary N) is 2. The fourth-order valence-electron chi connectivity index (χ4n) is 1.57. The highest BCUT2D eigenvalue weighted by molar-refractivity contribution is 9.10. The number of nitrogens with zero attached hydrogens (tertiary/aromatic N) is 1. The predicted molar refractivity (Wildman–Crippen MR) is 61.6 cm³/mol. The molecule has 2 heterocycles. The van der Waals surface area contributed by atoms with Crippen LogP contribution >= 0.6 is 15.9 Å². The molecule has 1 fully saturated rings. The van der Waals surface area contributed by atoms with Crippen molar-refractivity contribution in [1.82, 2.24) is 10.3 Å². The van der Waals surface area contributed by atoms with Crippen LogP contribution in [0.5, 0.6) is 0 Å². The van der Waals surface area contributed by atoms with Gasteiger partial charge in [0.05, 0.1) is 4.47 Å². The summed E-state index contributed by atoms with van der Waals surface area (Å²) in [5.41, 5.74) is 0. The average molecular weight is 270 g/mol. The summed E-state index contributed by atoms with van der Waals surface area (Å²) >= 11 is 3.39. The van der Waals surface area contributed by atoms with Crippen LogP contribution in [0, 0.1) is 0 Å². The van der Waals surface area contributed by atoms with E-state index in [4.69, 9.17) is 0 Å². The van der Waals surface area contributed by atoms with Crippen molar-refractivity contribution in [2.24, 2.45) is 0 Å². The van der Waals surface area contributed by atoms with Gasteiger partial charge in [0, 0.05) is 12.7 Å². The van der Waals surface area contributed by atoms with Crippen LogP contribution in [-0.4, -0.2) is 23.5 Å². The Bertz CT molecular complexity index is 369. The van der Waals surface area contributed by atoms with Crippen LogP contribution in [0.2, 0.25) is 0 Å². The van der Waals surface area contributed by atoms with E-state index in [1.54, 1.807) is 6.20 Å². The Morgan fingerprint density at radius 1 is 1.60 bits per heavy atom. The van der Waals surface area contributed by atoms with Crippen LogP contribution < -0.4 is 10.6 Å². The Labute approximate surface area is 96.6 Å². The molecule has 1 amide bonds. The number of hydrogen-bond acceptors (Lipinski definition) is 3. The van der Waals surface area contributed by atoms with Gasteiger partial charge in [-0.15, -0.1) is 0 Å². The number of amides is 1. The molecule has 1 aromatic rings. The zero-order chi connectivity index (χ0) is 10.7. The molecular formula is C10H12BrN3O. The van der Waals surface area contributed by atoms with E-state index in [0.29, 0.717) is 0 Å². The van der Waals surface area contributed by atoms with Crippen LogP contribution in [0.1, 0.15) is 12.8 Å². The third-order valence-corrected chi connectivity index (χ3v) is 2.99. The number of aromatic nitrogens is 1. The summed E-state index contributed by atoms with van der Waals surface area (Å²) in [6.07, 6.45) is 3.57. The van der Waals surface area contributed by atoms with E-state index in [9.17, 15) is 4.79 Å². The lowest BCUT2D eigenvalue weighted by atomic mass is 10.1. The second-order valence-electron chi connectivity index (χ2n) is 3.46.